The highest BCUT2D eigenvalue weighted by molar-refractivity contribution is 5.74. The van der Waals surface area contributed by atoms with E-state index in [1.54, 1.807) is 13.8 Å². The van der Waals surface area contributed by atoms with Crippen LogP contribution in [0, 0.1) is 11.8 Å². The van der Waals surface area contributed by atoms with Crippen LogP contribution in [-0.2, 0) is 19.1 Å². The summed E-state index contributed by atoms with van der Waals surface area (Å²) in [6.45, 7) is 4.45. The maximum atomic E-state index is 13.4. The SMILES string of the molecule is CCC(F)C(=O)OC1CCC(COc2ccc(OCC3CCC(OC(=O)C(F)CC)CC3)cc2)CC1. The molecule has 1 aromatic rings. The molecule has 0 bridgehead atoms. The lowest BCUT2D eigenvalue weighted by Crippen LogP contribution is -2.30. The summed E-state index contributed by atoms with van der Waals surface area (Å²) < 4.78 is 49.2. The molecule has 202 valence electrons. The second-order valence-electron chi connectivity index (χ2n) is 10.0. The molecule has 0 spiro atoms. The van der Waals surface area contributed by atoms with Gasteiger partial charge in [0.15, 0.2) is 12.3 Å². The molecule has 2 atom stereocenters. The van der Waals surface area contributed by atoms with Crippen LogP contribution in [0.1, 0.15) is 78.1 Å². The maximum Gasteiger partial charge on any atom is 0.340 e. The molecule has 0 aromatic heterocycles. The van der Waals surface area contributed by atoms with Gasteiger partial charge in [-0.3, -0.25) is 0 Å². The summed E-state index contributed by atoms with van der Waals surface area (Å²) in [6, 6.07) is 7.58. The van der Waals surface area contributed by atoms with E-state index >= 15 is 0 Å². The van der Waals surface area contributed by atoms with Crippen LogP contribution >= 0.6 is 0 Å². The summed E-state index contributed by atoms with van der Waals surface area (Å²) in [6.07, 6.45) is 3.35. The van der Waals surface area contributed by atoms with E-state index in [2.05, 4.69) is 0 Å². The Morgan fingerprint density at radius 1 is 0.694 bits per heavy atom. The van der Waals surface area contributed by atoms with Gasteiger partial charge in [-0.1, -0.05) is 13.8 Å². The van der Waals surface area contributed by atoms with E-state index in [9.17, 15) is 18.4 Å². The van der Waals surface area contributed by atoms with E-state index < -0.39 is 24.3 Å². The van der Waals surface area contributed by atoms with E-state index in [0.29, 0.717) is 25.0 Å². The van der Waals surface area contributed by atoms with E-state index in [4.69, 9.17) is 18.9 Å². The molecule has 0 saturated heterocycles. The fraction of sp³-hybridized carbons (Fsp3) is 0.714. The molecule has 3 rings (SSSR count). The van der Waals surface area contributed by atoms with Gasteiger partial charge < -0.3 is 18.9 Å². The first-order chi connectivity index (χ1) is 17.4. The van der Waals surface area contributed by atoms with Crippen LogP contribution in [-0.4, -0.2) is 49.7 Å². The Bertz CT molecular complexity index is 734. The minimum atomic E-state index is -1.53. The van der Waals surface area contributed by atoms with Crippen molar-refractivity contribution in [3.05, 3.63) is 24.3 Å². The van der Waals surface area contributed by atoms with Crippen molar-refractivity contribution in [3.63, 3.8) is 0 Å². The average Bonchev–Trinajstić information content (AvgIpc) is 2.91. The van der Waals surface area contributed by atoms with Gasteiger partial charge in [-0.2, -0.15) is 0 Å². The number of benzene rings is 1. The average molecular weight is 511 g/mol. The summed E-state index contributed by atoms with van der Waals surface area (Å²) >= 11 is 0. The number of carbonyl (C=O) groups is 2. The van der Waals surface area contributed by atoms with Gasteiger partial charge in [-0.05, 0) is 100 Å². The van der Waals surface area contributed by atoms with E-state index in [1.165, 1.54) is 0 Å². The van der Waals surface area contributed by atoms with Crippen LogP contribution in [0.2, 0.25) is 0 Å². The second kappa shape index (κ2) is 14.4. The number of alkyl halides is 2. The third-order valence-corrected chi connectivity index (χ3v) is 7.18. The Balaban J connectivity index is 1.29. The van der Waals surface area contributed by atoms with E-state index in [1.807, 2.05) is 24.3 Å². The summed E-state index contributed by atoms with van der Waals surface area (Å²) in [4.78, 5) is 23.2. The summed E-state index contributed by atoms with van der Waals surface area (Å²) in [7, 11) is 0. The van der Waals surface area contributed by atoms with Crippen molar-refractivity contribution in [2.24, 2.45) is 11.8 Å². The first-order valence-corrected chi connectivity index (χ1v) is 13.4. The lowest BCUT2D eigenvalue weighted by molar-refractivity contribution is -0.158. The number of hydrogen-bond donors (Lipinski definition) is 0. The molecule has 0 aliphatic heterocycles. The quantitative estimate of drug-likeness (QED) is 0.314. The zero-order valence-corrected chi connectivity index (χ0v) is 21.5. The highest BCUT2D eigenvalue weighted by Gasteiger charge is 2.28. The van der Waals surface area contributed by atoms with Crippen LogP contribution in [0.3, 0.4) is 0 Å². The van der Waals surface area contributed by atoms with Crippen molar-refractivity contribution in [2.75, 3.05) is 13.2 Å². The molecule has 0 radical (unpaired) electrons. The molecule has 8 heteroatoms. The molecule has 0 heterocycles. The summed E-state index contributed by atoms with van der Waals surface area (Å²) in [5.41, 5.74) is 0. The minimum absolute atomic E-state index is 0.146. The standard InChI is InChI=1S/C28H40F2O6/c1-3-25(29)27(31)35-23-9-5-19(6-10-23)17-33-21-13-15-22(16-14-21)34-18-20-7-11-24(12-8-20)36-28(32)26(30)4-2/h13-16,19-20,23-26H,3-12,17-18H2,1-2H3. The molecule has 2 unspecified atom stereocenters. The molecule has 0 N–H and O–H groups in total. The van der Waals surface area contributed by atoms with Crippen LogP contribution < -0.4 is 9.47 Å². The molecule has 6 nitrogen and oxygen atoms in total. The second-order valence-corrected chi connectivity index (χ2v) is 10.0. The van der Waals surface area contributed by atoms with Crippen molar-refractivity contribution in [2.45, 2.75) is 103 Å². The Labute approximate surface area is 213 Å². The third kappa shape index (κ3) is 8.93. The number of esters is 2. The van der Waals surface area contributed by atoms with Crippen LogP contribution in [0.25, 0.3) is 0 Å². The number of rotatable bonds is 12. The lowest BCUT2D eigenvalue weighted by Gasteiger charge is -2.28. The highest BCUT2D eigenvalue weighted by Crippen LogP contribution is 2.30. The number of carbonyl (C=O) groups excluding carboxylic acids is 2. The lowest BCUT2D eigenvalue weighted by atomic mass is 9.88. The van der Waals surface area contributed by atoms with Crippen molar-refractivity contribution in [3.8, 4) is 11.5 Å². The Morgan fingerprint density at radius 3 is 1.33 bits per heavy atom. The third-order valence-electron chi connectivity index (χ3n) is 7.18. The Kier molecular flexibility index (Phi) is 11.3. The molecule has 2 fully saturated rings. The fourth-order valence-electron chi connectivity index (χ4n) is 4.70. The first kappa shape index (κ1) is 28.2. The molecule has 36 heavy (non-hydrogen) atoms. The molecule has 2 saturated carbocycles. The van der Waals surface area contributed by atoms with Crippen molar-refractivity contribution < 1.29 is 37.3 Å². The van der Waals surface area contributed by atoms with Gasteiger partial charge >= 0.3 is 11.9 Å². The van der Waals surface area contributed by atoms with E-state index in [0.717, 1.165) is 62.9 Å². The topological polar surface area (TPSA) is 71.1 Å². The molecular weight excluding hydrogens is 470 g/mol. The molecule has 2 aliphatic carbocycles. The molecule has 1 aromatic carbocycles. The van der Waals surface area contributed by atoms with Gasteiger partial charge in [-0.15, -0.1) is 0 Å². The Morgan fingerprint density at radius 2 is 1.03 bits per heavy atom. The van der Waals surface area contributed by atoms with Gasteiger partial charge in [0.05, 0.1) is 13.2 Å². The molecule has 0 amide bonds. The summed E-state index contributed by atoms with van der Waals surface area (Å²) in [5, 5.41) is 0. The largest absolute Gasteiger partial charge is 0.493 e. The van der Waals surface area contributed by atoms with Gasteiger partial charge in [0, 0.05) is 0 Å². The van der Waals surface area contributed by atoms with Gasteiger partial charge in [0.25, 0.3) is 0 Å². The van der Waals surface area contributed by atoms with E-state index in [-0.39, 0.29) is 25.0 Å². The number of hydrogen-bond acceptors (Lipinski definition) is 6. The minimum Gasteiger partial charge on any atom is -0.493 e. The smallest absolute Gasteiger partial charge is 0.340 e. The number of halogens is 2. The van der Waals surface area contributed by atoms with Gasteiger partial charge in [0.1, 0.15) is 23.7 Å². The predicted octanol–water partition coefficient (Wildman–Crippen LogP) is 6.14. The van der Waals surface area contributed by atoms with Crippen molar-refractivity contribution >= 4 is 11.9 Å². The normalized spacial score (nSPS) is 25.9. The van der Waals surface area contributed by atoms with Crippen molar-refractivity contribution in [1.82, 2.24) is 0 Å². The maximum absolute atomic E-state index is 13.4. The molecular formula is C28H40F2O6. The van der Waals surface area contributed by atoms with Gasteiger partial charge in [0.2, 0.25) is 0 Å². The Hall–Kier alpha value is -2.38. The molecule has 2 aliphatic rings. The fourth-order valence-corrected chi connectivity index (χ4v) is 4.70. The highest BCUT2D eigenvalue weighted by atomic mass is 19.1. The van der Waals surface area contributed by atoms with Crippen LogP contribution in [0.4, 0.5) is 8.78 Å². The van der Waals surface area contributed by atoms with Crippen molar-refractivity contribution in [1.29, 1.82) is 0 Å². The van der Waals surface area contributed by atoms with Crippen LogP contribution in [0.5, 0.6) is 11.5 Å². The van der Waals surface area contributed by atoms with Gasteiger partial charge in [-0.25, -0.2) is 18.4 Å². The van der Waals surface area contributed by atoms with Crippen LogP contribution in [0.15, 0.2) is 24.3 Å². The monoisotopic (exact) mass is 510 g/mol. The zero-order chi connectivity index (χ0) is 25.9. The number of ether oxygens (including phenoxy) is 4. The predicted molar refractivity (Wildman–Crippen MR) is 131 cm³/mol. The summed E-state index contributed by atoms with van der Waals surface area (Å²) in [5.74, 6) is 0.845. The first-order valence-electron chi connectivity index (χ1n) is 13.4. The zero-order valence-electron chi connectivity index (χ0n) is 21.5.